The van der Waals surface area contributed by atoms with Gasteiger partial charge in [0.1, 0.15) is 0 Å². The first-order chi connectivity index (χ1) is 15.5. The van der Waals surface area contributed by atoms with E-state index in [4.69, 9.17) is 4.74 Å². The van der Waals surface area contributed by atoms with Gasteiger partial charge in [0.05, 0.1) is 19.1 Å². The molecule has 3 atom stereocenters. The minimum atomic E-state index is -0.375. The van der Waals surface area contributed by atoms with Crippen LogP contribution in [0.15, 0.2) is 30.3 Å². The summed E-state index contributed by atoms with van der Waals surface area (Å²) in [5.41, 5.74) is 1.32. The van der Waals surface area contributed by atoms with Crippen molar-refractivity contribution in [1.29, 1.82) is 0 Å². The Bertz CT molecular complexity index is 809. The van der Waals surface area contributed by atoms with Crippen molar-refractivity contribution in [2.24, 2.45) is 11.8 Å². The number of amides is 4. The Morgan fingerprint density at radius 2 is 1.88 bits per heavy atom. The van der Waals surface area contributed by atoms with Gasteiger partial charge in [-0.25, -0.2) is 4.79 Å². The van der Waals surface area contributed by atoms with Crippen molar-refractivity contribution in [3.8, 4) is 0 Å². The summed E-state index contributed by atoms with van der Waals surface area (Å²) in [4.78, 5) is 41.7. The number of hydrogen-bond acceptors (Lipinski definition) is 5. The van der Waals surface area contributed by atoms with Crippen molar-refractivity contribution in [2.75, 3.05) is 33.4 Å². The van der Waals surface area contributed by atoms with Crippen LogP contribution in [0.2, 0.25) is 0 Å². The average molecular weight is 443 g/mol. The highest BCUT2D eigenvalue weighted by Crippen LogP contribution is 2.33. The standard InChI is InChI=1S/C24H34N4O4/c1-32-14-13-28-23(30)20-8-7-18(15-21(20)26-24(28)31)22(29)25-19-9-11-27(12-10-19)16-17-5-3-2-4-6-17/h2-6,18-21H,7-16H2,1H3,(H,25,29)(H,26,31). The first-order valence-corrected chi connectivity index (χ1v) is 11.7. The Hall–Kier alpha value is -2.45. The summed E-state index contributed by atoms with van der Waals surface area (Å²) in [5, 5.41) is 6.19. The third-order valence-corrected chi connectivity index (χ3v) is 7.06. The Kier molecular flexibility index (Phi) is 7.42. The number of urea groups is 1. The number of piperidine rings is 1. The summed E-state index contributed by atoms with van der Waals surface area (Å²) in [6.07, 6.45) is 3.72. The van der Waals surface area contributed by atoms with Crippen LogP contribution >= 0.6 is 0 Å². The lowest BCUT2D eigenvalue weighted by molar-refractivity contribution is -0.139. The fraction of sp³-hybridized carbons (Fsp3) is 0.625. The van der Waals surface area contributed by atoms with E-state index >= 15 is 0 Å². The second-order valence-electron chi connectivity index (χ2n) is 9.20. The Morgan fingerprint density at radius 3 is 2.59 bits per heavy atom. The molecule has 1 aliphatic carbocycles. The summed E-state index contributed by atoms with van der Waals surface area (Å²) in [6, 6.07) is 10.0. The Morgan fingerprint density at radius 1 is 1.12 bits per heavy atom. The first-order valence-electron chi connectivity index (χ1n) is 11.7. The van der Waals surface area contributed by atoms with Gasteiger partial charge < -0.3 is 15.4 Å². The van der Waals surface area contributed by atoms with Crippen LogP contribution in [-0.4, -0.2) is 73.1 Å². The van der Waals surface area contributed by atoms with Crippen LogP contribution in [0.1, 0.15) is 37.7 Å². The topological polar surface area (TPSA) is 91.0 Å². The predicted octanol–water partition coefficient (Wildman–Crippen LogP) is 1.75. The monoisotopic (exact) mass is 442 g/mol. The van der Waals surface area contributed by atoms with Gasteiger partial charge in [-0.05, 0) is 37.7 Å². The van der Waals surface area contributed by atoms with Crippen molar-refractivity contribution >= 4 is 17.8 Å². The molecule has 2 saturated heterocycles. The maximum atomic E-state index is 12.9. The van der Waals surface area contributed by atoms with E-state index in [1.54, 1.807) is 7.11 Å². The number of fused-ring (bicyclic) bond motifs is 1. The largest absolute Gasteiger partial charge is 0.383 e. The Labute approximate surface area is 189 Å². The molecule has 0 radical (unpaired) electrons. The zero-order chi connectivity index (χ0) is 22.5. The number of likely N-dealkylation sites (tertiary alicyclic amines) is 1. The molecule has 1 aromatic carbocycles. The van der Waals surface area contributed by atoms with Crippen LogP contribution in [0.25, 0.3) is 0 Å². The minimum absolute atomic E-state index is 0.0634. The van der Waals surface area contributed by atoms with E-state index in [9.17, 15) is 14.4 Å². The van der Waals surface area contributed by atoms with Gasteiger partial charge >= 0.3 is 6.03 Å². The number of carbonyl (C=O) groups excluding carboxylic acids is 3. The molecule has 1 saturated carbocycles. The Balaban J connectivity index is 1.23. The molecule has 3 fully saturated rings. The molecular weight excluding hydrogens is 408 g/mol. The van der Waals surface area contributed by atoms with Crippen molar-refractivity contribution in [1.82, 2.24) is 20.4 Å². The second kappa shape index (κ2) is 10.4. The number of methoxy groups -OCH3 is 1. The lowest BCUT2D eigenvalue weighted by Crippen LogP contribution is -2.62. The van der Waals surface area contributed by atoms with Gasteiger partial charge in [0.2, 0.25) is 11.8 Å². The SMILES string of the molecule is COCCN1C(=O)NC2CC(C(=O)NC3CCN(Cc4ccccc4)CC3)CCC2C1=O. The van der Waals surface area contributed by atoms with Crippen molar-refractivity contribution in [3.05, 3.63) is 35.9 Å². The average Bonchev–Trinajstić information content (AvgIpc) is 2.80. The van der Waals surface area contributed by atoms with E-state index in [2.05, 4.69) is 39.8 Å². The van der Waals surface area contributed by atoms with E-state index in [1.807, 2.05) is 6.07 Å². The lowest BCUT2D eigenvalue weighted by atomic mass is 9.76. The summed E-state index contributed by atoms with van der Waals surface area (Å²) < 4.78 is 5.00. The summed E-state index contributed by atoms with van der Waals surface area (Å²) >= 11 is 0. The number of hydrogen-bond donors (Lipinski definition) is 2. The van der Waals surface area contributed by atoms with Gasteiger partial charge in [-0.3, -0.25) is 19.4 Å². The van der Waals surface area contributed by atoms with Crippen LogP contribution in [0, 0.1) is 11.8 Å². The summed E-state index contributed by atoms with van der Waals surface area (Å²) in [6.45, 7) is 3.47. The highest BCUT2D eigenvalue weighted by Gasteiger charge is 2.45. The predicted molar refractivity (Wildman–Crippen MR) is 120 cm³/mol. The van der Waals surface area contributed by atoms with Crippen LogP contribution in [-0.2, 0) is 20.9 Å². The van der Waals surface area contributed by atoms with E-state index in [-0.39, 0.29) is 48.3 Å². The van der Waals surface area contributed by atoms with Crippen LogP contribution in [0.3, 0.4) is 0 Å². The molecule has 1 aromatic rings. The maximum absolute atomic E-state index is 12.9. The molecular formula is C24H34N4O4. The number of rotatable bonds is 7. The van der Waals surface area contributed by atoms with Gasteiger partial charge in [0, 0.05) is 44.7 Å². The minimum Gasteiger partial charge on any atom is -0.383 e. The van der Waals surface area contributed by atoms with Crippen LogP contribution in [0.4, 0.5) is 4.79 Å². The molecule has 2 N–H and O–H groups in total. The van der Waals surface area contributed by atoms with Gasteiger partial charge in [0.15, 0.2) is 0 Å². The van der Waals surface area contributed by atoms with E-state index in [0.29, 0.717) is 25.9 Å². The molecule has 3 aliphatic rings. The smallest absolute Gasteiger partial charge is 0.324 e. The second-order valence-corrected chi connectivity index (χ2v) is 9.20. The molecule has 4 rings (SSSR count). The van der Waals surface area contributed by atoms with E-state index < -0.39 is 0 Å². The number of ether oxygens (including phenoxy) is 1. The van der Waals surface area contributed by atoms with E-state index in [1.165, 1.54) is 10.5 Å². The molecule has 0 spiro atoms. The zero-order valence-corrected chi connectivity index (χ0v) is 18.8. The quantitative estimate of drug-likeness (QED) is 0.671. The fourth-order valence-corrected chi connectivity index (χ4v) is 5.19. The van der Waals surface area contributed by atoms with Gasteiger partial charge in [-0.2, -0.15) is 0 Å². The van der Waals surface area contributed by atoms with Gasteiger partial charge in [0.25, 0.3) is 0 Å². The van der Waals surface area contributed by atoms with E-state index in [0.717, 1.165) is 32.5 Å². The molecule has 0 bridgehead atoms. The molecule has 4 amide bonds. The third kappa shape index (κ3) is 5.30. The number of nitrogens with one attached hydrogen (secondary N) is 2. The molecule has 8 nitrogen and oxygen atoms in total. The molecule has 0 aromatic heterocycles. The molecule has 174 valence electrons. The number of imide groups is 1. The highest BCUT2D eigenvalue weighted by atomic mass is 16.5. The molecule has 3 unspecified atom stereocenters. The van der Waals surface area contributed by atoms with Gasteiger partial charge in [-0.15, -0.1) is 0 Å². The number of carbonyl (C=O) groups is 3. The normalized spacial score (nSPS) is 27.0. The van der Waals surface area contributed by atoms with Crippen molar-refractivity contribution in [3.63, 3.8) is 0 Å². The van der Waals surface area contributed by atoms with Crippen LogP contribution < -0.4 is 10.6 Å². The molecule has 2 heterocycles. The van der Waals surface area contributed by atoms with Crippen molar-refractivity contribution < 1.29 is 19.1 Å². The molecule has 8 heteroatoms. The number of nitrogens with zero attached hydrogens (tertiary/aromatic N) is 2. The summed E-state index contributed by atoms with van der Waals surface area (Å²) in [5.74, 6) is -0.471. The zero-order valence-electron chi connectivity index (χ0n) is 18.8. The van der Waals surface area contributed by atoms with Gasteiger partial charge in [-0.1, -0.05) is 30.3 Å². The lowest BCUT2D eigenvalue weighted by Gasteiger charge is -2.42. The fourth-order valence-electron chi connectivity index (χ4n) is 5.19. The summed E-state index contributed by atoms with van der Waals surface area (Å²) in [7, 11) is 1.55. The first kappa shape index (κ1) is 22.7. The molecule has 32 heavy (non-hydrogen) atoms. The maximum Gasteiger partial charge on any atom is 0.324 e. The molecule has 2 aliphatic heterocycles. The third-order valence-electron chi connectivity index (χ3n) is 7.06. The van der Waals surface area contributed by atoms with Crippen molar-refractivity contribution in [2.45, 2.75) is 50.7 Å². The number of benzene rings is 1. The highest BCUT2D eigenvalue weighted by molar-refractivity contribution is 5.99. The van der Waals surface area contributed by atoms with Crippen LogP contribution in [0.5, 0.6) is 0 Å².